The SMILES string of the molecule is CCNC(=O)[C@H](C)N(Cc1ccc(F)cc1)C(=O)COc1ccc(C(C)(C)C)cc1Br. The fourth-order valence-electron chi connectivity index (χ4n) is 3.00. The Hall–Kier alpha value is -2.41. The quantitative estimate of drug-likeness (QED) is 0.574. The van der Waals surface area contributed by atoms with E-state index in [1.54, 1.807) is 19.1 Å². The van der Waals surface area contributed by atoms with Gasteiger partial charge in [-0.2, -0.15) is 0 Å². The molecule has 0 aromatic heterocycles. The zero-order valence-electron chi connectivity index (χ0n) is 18.7. The molecule has 31 heavy (non-hydrogen) atoms. The zero-order chi connectivity index (χ0) is 23.2. The van der Waals surface area contributed by atoms with Gasteiger partial charge in [0.2, 0.25) is 5.91 Å². The van der Waals surface area contributed by atoms with E-state index in [1.807, 2.05) is 25.1 Å². The van der Waals surface area contributed by atoms with Gasteiger partial charge in [-0.25, -0.2) is 4.39 Å². The summed E-state index contributed by atoms with van der Waals surface area (Å²) in [6.45, 7) is 10.3. The molecule has 2 amide bonds. The summed E-state index contributed by atoms with van der Waals surface area (Å²) in [5.41, 5.74) is 1.85. The average Bonchev–Trinajstić information content (AvgIpc) is 2.71. The second-order valence-electron chi connectivity index (χ2n) is 8.40. The summed E-state index contributed by atoms with van der Waals surface area (Å²) in [6.07, 6.45) is 0. The third kappa shape index (κ3) is 7.06. The van der Waals surface area contributed by atoms with Crippen LogP contribution in [0.15, 0.2) is 46.9 Å². The summed E-state index contributed by atoms with van der Waals surface area (Å²) in [7, 11) is 0. The van der Waals surface area contributed by atoms with Crippen molar-refractivity contribution in [2.24, 2.45) is 0 Å². The van der Waals surface area contributed by atoms with Crippen LogP contribution in [0.3, 0.4) is 0 Å². The lowest BCUT2D eigenvalue weighted by Crippen LogP contribution is -2.49. The minimum absolute atomic E-state index is 0.00903. The van der Waals surface area contributed by atoms with E-state index in [0.717, 1.165) is 15.6 Å². The van der Waals surface area contributed by atoms with E-state index in [2.05, 4.69) is 42.0 Å². The molecule has 2 aromatic carbocycles. The highest BCUT2D eigenvalue weighted by Crippen LogP contribution is 2.31. The molecule has 0 fully saturated rings. The summed E-state index contributed by atoms with van der Waals surface area (Å²) in [5, 5.41) is 2.74. The Labute approximate surface area is 192 Å². The van der Waals surface area contributed by atoms with Gasteiger partial charge in [-0.1, -0.05) is 39.0 Å². The maximum atomic E-state index is 13.2. The van der Waals surface area contributed by atoms with Gasteiger partial charge < -0.3 is 15.0 Å². The van der Waals surface area contributed by atoms with E-state index in [9.17, 15) is 14.0 Å². The first kappa shape index (κ1) is 24.9. The molecule has 0 aliphatic carbocycles. The smallest absolute Gasteiger partial charge is 0.261 e. The van der Waals surface area contributed by atoms with Gasteiger partial charge in [0.05, 0.1) is 4.47 Å². The molecule has 0 aliphatic rings. The molecule has 0 saturated carbocycles. The molecule has 0 radical (unpaired) electrons. The number of halogens is 2. The van der Waals surface area contributed by atoms with Crippen molar-refractivity contribution in [3.8, 4) is 5.75 Å². The molecule has 0 aliphatic heterocycles. The summed E-state index contributed by atoms with van der Waals surface area (Å²) in [6, 6.07) is 10.9. The first-order valence-electron chi connectivity index (χ1n) is 10.3. The summed E-state index contributed by atoms with van der Waals surface area (Å²) < 4.78 is 19.8. The number of nitrogens with zero attached hydrogens (tertiary/aromatic N) is 1. The second kappa shape index (κ2) is 10.8. The highest BCUT2D eigenvalue weighted by atomic mass is 79.9. The van der Waals surface area contributed by atoms with Crippen LogP contribution in [0.2, 0.25) is 0 Å². The number of benzene rings is 2. The molecule has 1 atom stereocenters. The Bertz CT molecular complexity index is 910. The van der Waals surface area contributed by atoms with Gasteiger partial charge in [-0.3, -0.25) is 9.59 Å². The molecule has 0 heterocycles. The van der Waals surface area contributed by atoms with Gasteiger partial charge in [0, 0.05) is 13.1 Å². The molecule has 0 unspecified atom stereocenters. The van der Waals surface area contributed by atoms with Crippen molar-refractivity contribution >= 4 is 27.7 Å². The lowest BCUT2D eigenvalue weighted by Gasteiger charge is -2.28. The largest absolute Gasteiger partial charge is 0.483 e. The molecule has 168 valence electrons. The van der Waals surface area contributed by atoms with Crippen molar-refractivity contribution in [1.82, 2.24) is 10.2 Å². The first-order chi connectivity index (χ1) is 14.5. The van der Waals surface area contributed by atoms with Crippen molar-refractivity contribution in [2.45, 2.75) is 52.6 Å². The van der Waals surface area contributed by atoms with Crippen molar-refractivity contribution in [3.05, 3.63) is 63.9 Å². The molecular formula is C24H30BrFN2O3. The maximum absolute atomic E-state index is 13.2. The molecular weight excluding hydrogens is 463 g/mol. The topological polar surface area (TPSA) is 58.6 Å². The number of likely N-dealkylation sites (N-methyl/N-ethyl adjacent to an activating group) is 1. The van der Waals surface area contributed by atoms with Crippen molar-refractivity contribution < 1.29 is 18.7 Å². The van der Waals surface area contributed by atoms with Crippen LogP contribution in [0.5, 0.6) is 5.75 Å². The van der Waals surface area contributed by atoms with E-state index in [0.29, 0.717) is 12.3 Å². The van der Waals surface area contributed by atoms with E-state index in [1.165, 1.54) is 17.0 Å². The Morgan fingerprint density at radius 2 is 1.81 bits per heavy atom. The number of nitrogens with one attached hydrogen (secondary N) is 1. The van der Waals surface area contributed by atoms with Crippen molar-refractivity contribution in [2.75, 3.05) is 13.2 Å². The zero-order valence-corrected chi connectivity index (χ0v) is 20.3. The van der Waals surface area contributed by atoms with Crippen LogP contribution in [0, 0.1) is 5.82 Å². The Balaban J connectivity index is 2.16. The van der Waals surface area contributed by atoms with Gasteiger partial charge in [0.1, 0.15) is 17.6 Å². The third-order valence-corrected chi connectivity index (χ3v) is 5.55. The van der Waals surface area contributed by atoms with Crippen molar-refractivity contribution in [1.29, 1.82) is 0 Å². The van der Waals surface area contributed by atoms with Crippen LogP contribution in [0.4, 0.5) is 4.39 Å². The molecule has 5 nitrogen and oxygen atoms in total. The molecule has 1 N–H and O–H groups in total. The molecule has 7 heteroatoms. The number of rotatable bonds is 8. The van der Waals surface area contributed by atoms with E-state index >= 15 is 0 Å². The minimum atomic E-state index is -0.701. The van der Waals surface area contributed by atoms with Crippen LogP contribution < -0.4 is 10.1 Å². The van der Waals surface area contributed by atoms with Gasteiger partial charge in [-0.15, -0.1) is 0 Å². The molecule has 0 bridgehead atoms. The predicted molar refractivity (Wildman–Crippen MR) is 123 cm³/mol. The van der Waals surface area contributed by atoms with Crippen LogP contribution in [0.25, 0.3) is 0 Å². The molecule has 0 spiro atoms. The molecule has 0 saturated heterocycles. The Morgan fingerprint density at radius 3 is 2.35 bits per heavy atom. The highest BCUT2D eigenvalue weighted by molar-refractivity contribution is 9.10. The summed E-state index contributed by atoms with van der Waals surface area (Å²) in [4.78, 5) is 26.8. The van der Waals surface area contributed by atoms with Gasteiger partial charge in [0.15, 0.2) is 6.61 Å². The van der Waals surface area contributed by atoms with E-state index < -0.39 is 6.04 Å². The number of hydrogen-bond acceptors (Lipinski definition) is 3. The third-order valence-electron chi connectivity index (χ3n) is 4.93. The Morgan fingerprint density at radius 1 is 1.16 bits per heavy atom. The fourth-order valence-corrected chi connectivity index (χ4v) is 3.49. The van der Waals surface area contributed by atoms with E-state index in [4.69, 9.17) is 4.74 Å². The lowest BCUT2D eigenvalue weighted by atomic mass is 9.87. The first-order valence-corrected chi connectivity index (χ1v) is 11.1. The number of carbonyl (C=O) groups excluding carboxylic acids is 2. The number of amides is 2. The van der Waals surface area contributed by atoms with Gasteiger partial charge in [-0.05, 0) is 70.6 Å². The Kier molecular flexibility index (Phi) is 8.62. The van der Waals surface area contributed by atoms with Gasteiger partial charge in [0.25, 0.3) is 5.91 Å². The van der Waals surface area contributed by atoms with Gasteiger partial charge >= 0.3 is 0 Å². The normalized spacial score (nSPS) is 12.2. The summed E-state index contributed by atoms with van der Waals surface area (Å²) in [5.74, 6) is -0.400. The minimum Gasteiger partial charge on any atom is -0.483 e. The predicted octanol–water partition coefficient (Wildman–Crippen LogP) is 4.82. The van der Waals surface area contributed by atoms with Crippen LogP contribution in [-0.2, 0) is 21.5 Å². The standard InChI is InChI=1S/C24H30BrFN2O3/c1-6-27-23(30)16(2)28(14-17-7-10-19(26)11-8-17)22(29)15-31-21-12-9-18(13-20(21)25)24(3,4)5/h7-13,16H,6,14-15H2,1-5H3,(H,27,30)/t16-/m0/s1. The fraction of sp³-hybridized carbons (Fsp3) is 0.417. The van der Waals surface area contributed by atoms with Crippen LogP contribution in [0.1, 0.15) is 45.7 Å². The van der Waals surface area contributed by atoms with Crippen LogP contribution >= 0.6 is 15.9 Å². The number of ether oxygens (including phenoxy) is 1. The molecule has 2 rings (SSSR count). The number of hydrogen-bond donors (Lipinski definition) is 1. The second-order valence-corrected chi connectivity index (χ2v) is 9.26. The van der Waals surface area contributed by atoms with E-state index in [-0.39, 0.29) is 36.2 Å². The van der Waals surface area contributed by atoms with Crippen LogP contribution in [-0.4, -0.2) is 35.9 Å². The number of carbonyl (C=O) groups is 2. The summed E-state index contributed by atoms with van der Waals surface area (Å²) >= 11 is 3.51. The van der Waals surface area contributed by atoms with Crippen molar-refractivity contribution in [3.63, 3.8) is 0 Å². The average molecular weight is 493 g/mol. The molecule has 2 aromatic rings. The highest BCUT2D eigenvalue weighted by Gasteiger charge is 2.26. The monoisotopic (exact) mass is 492 g/mol. The maximum Gasteiger partial charge on any atom is 0.261 e. The lowest BCUT2D eigenvalue weighted by molar-refractivity contribution is -0.142.